The topological polar surface area (TPSA) is 40.5 Å². The highest BCUT2D eigenvalue weighted by Crippen LogP contribution is 2.62. The quantitative estimate of drug-likeness (QED) is 0.635. The van der Waals surface area contributed by atoms with Gasteiger partial charge in [0.25, 0.3) is 0 Å². The van der Waals surface area contributed by atoms with Gasteiger partial charge in [0, 0.05) is 7.26 Å². The van der Waals surface area contributed by atoms with Crippen LogP contribution >= 0.6 is 7.26 Å². The number of hydrogen-bond donors (Lipinski definition) is 2. The van der Waals surface area contributed by atoms with E-state index in [0.717, 1.165) is 6.16 Å². The maximum atomic E-state index is 9.91. The maximum Gasteiger partial charge on any atom is 0.110 e. The molecule has 0 aliphatic rings. The van der Waals surface area contributed by atoms with Gasteiger partial charge >= 0.3 is 0 Å². The third-order valence-corrected chi connectivity index (χ3v) is 8.78. The molecule has 1 atom stereocenters. The van der Waals surface area contributed by atoms with Gasteiger partial charge in [0.15, 0.2) is 0 Å². The SMILES string of the molecule is CC(C)C[P+](CC(C)C)(CC(C)C)CC(O)CO. The molecular weight excluding hydrogens is 243 g/mol. The molecule has 0 saturated carbocycles. The Kier molecular flexibility index (Phi) is 8.67. The second-order valence-corrected chi connectivity index (χ2v) is 11.2. The summed E-state index contributed by atoms with van der Waals surface area (Å²) < 4.78 is 0. The Balaban J connectivity index is 4.97. The Labute approximate surface area is 115 Å². The van der Waals surface area contributed by atoms with Crippen molar-refractivity contribution in [3.8, 4) is 0 Å². The molecular formula is C15H34O2P+. The zero-order chi connectivity index (χ0) is 14.3. The second kappa shape index (κ2) is 8.51. The largest absolute Gasteiger partial charge is 0.394 e. The first-order valence-corrected chi connectivity index (χ1v) is 9.87. The van der Waals surface area contributed by atoms with Gasteiger partial charge in [-0.2, -0.15) is 0 Å². The van der Waals surface area contributed by atoms with E-state index in [1.54, 1.807) is 0 Å². The lowest BCUT2D eigenvalue weighted by atomic mass is 10.3. The van der Waals surface area contributed by atoms with Crippen LogP contribution in [0.3, 0.4) is 0 Å². The van der Waals surface area contributed by atoms with Gasteiger partial charge in [-0.25, -0.2) is 0 Å². The van der Waals surface area contributed by atoms with Crippen LogP contribution in [0.4, 0.5) is 0 Å². The van der Waals surface area contributed by atoms with Gasteiger partial charge in [-0.1, -0.05) is 41.5 Å². The molecule has 2 nitrogen and oxygen atoms in total. The van der Waals surface area contributed by atoms with Crippen LogP contribution in [0.5, 0.6) is 0 Å². The van der Waals surface area contributed by atoms with Gasteiger partial charge in [0.2, 0.25) is 0 Å². The molecule has 0 aliphatic heterocycles. The Bertz CT molecular complexity index is 188. The molecule has 110 valence electrons. The molecule has 0 heterocycles. The fourth-order valence-electron chi connectivity index (χ4n) is 3.28. The third-order valence-electron chi connectivity index (χ3n) is 3.07. The number of aliphatic hydroxyl groups is 2. The highest BCUT2D eigenvalue weighted by Gasteiger charge is 2.41. The van der Waals surface area contributed by atoms with Crippen LogP contribution in [0.15, 0.2) is 0 Å². The van der Waals surface area contributed by atoms with Crippen LogP contribution in [0.1, 0.15) is 41.5 Å². The van der Waals surface area contributed by atoms with Crippen LogP contribution in [0.2, 0.25) is 0 Å². The fraction of sp³-hybridized carbons (Fsp3) is 1.00. The van der Waals surface area contributed by atoms with Crippen LogP contribution in [-0.4, -0.2) is 47.6 Å². The summed E-state index contributed by atoms with van der Waals surface area (Å²) in [5, 5.41) is 19.1. The Morgan fingerprint density at radius 1 is 0.722 bits per heavy atom. The predicted molar refractivity (Wildman–Crippen MR) is 84.0 cm³/mol. The minimum Gasteiger partial charge on any atom is -0.394 e. The summed E-state index contributed by atoms with van der Waals surface area (Å²) in [6.45, 7) is 13.6. The van der Waals surface area contributed by atoms with E-state index in [0.29, 0.717) is 17.8 Å². The summed E-state index contributed by atoms with van der Waals surface area (Å²) in [4.78, 5) is 0. The van der Waals surface area contributed by atoms with Gasteiger partial charge in [-0.15, -0.1) is 0 Å². The van der Waals surface area contributed by atoms with Crippen molar-refractivity contribution < 1.29 is 10.2 Å². The summed E-state index contributed by atoms with van der Waals surface area (Å²) >= 11 is 0. The van der Waals surface area contributed by atoms with Crippen molar-refractivity contribution >= 4 is 7.26 Å². The maximum absolute atomic E-state index is 9.91. The monoisotopic (exact) mass is 277 g/mol. The average molecular weight is 277 g/mol. The van der Waals surface area contributed by atoms with Crippen molar-refractivity contribution in [2.75, 3.05) is 31.3 Å². The standard InChI is InChI=1S/C15H34O2P/c1-12(2)8-18(9-13(3)4,10-14(5)6)11-15(17)7-16/h12-17H,7-11H2,1-6H3/q+1. The molecule has 0 aliphatic carbocycles. The molecule has 0 radical (unpaired) electrons. The van der Waals surface area contributed by atoms with E-state index in [4.69, 9.17) is 5.11 Å². The number of hydrogen-bond acceptors (Lipinski definition) is 2. The third kappa shape index (κ3) is 7.71. The zero-order valence-electron chi connectivity index (χ0n) is 13.2. The minimum atomic E-state index is -1.15. The highest BCUT2D eigenvalue weighted by molar-refractivity contribution is 7.76. The summed E-state index contributed by atoms with van der Waals surface area (Å²) in [7, 11) is -1.15. The lowest BCUT2D eigenvalue weighted by molar-refractivity contribution is 0.112. The second-order valence-electron chi connectivity index (χ2n) is 7.09. The van der Waals surface area contributed by atoms with Gasteiger partial charge in [-0.3, -0.25) is 0 Å². The van der Waals surface area contributed by atoms with Crippen molar-refractivity contribution in [1.29, 1.82) is 0 Å². The summed E-state index contributed by atoms with van der Waals surface area (Å²) in [5.74, 6) is 2.05. The fourth-order valence-corrected chi connectivity index (χ4v) is 9.83. The lowest BCUT2D eigenvalue weighted by Crippen LogP contribution is -2.28. The molecule has 0 amide bonds. The molecule has 18 heavy (non-hydrogen) atoms. The van der Waals surface area contributed by atoms with E-state index in [9.17, 15) is 5.11 Å². The summed E-state index contributed by atoms with van der Waals surface area (Å²) in [6.07, 6.45) is 4.08. The minimum absolute atomic E-state index is 0.0873. The lowest BCUT2D eigenvalue weighted by Gasteiger charge is -2.33. The van der Waals surface area contributed by atoms with E-state index in [1.807, 2.05) is 0 Å². The first kappa shape index (κ1) is 18.4. The summed E-state index contributed by atoms with van der Waals surface area (Å²) in [6, 6.07) is 0. The first-order chi connectivity index (χ1) is 8.20. The molecule has 0 fully saturated rings. The molecule has 0 spiro atoms. The molecule has 0 bridgehead atoms. The Morgan fingerprint density at radius 3 is 1.28 bits per heavy atom. The van der Waals surface area contributed by atoms with Crippen LogP contribution in [0.25, 0.3) is 0 Å². The van der Waals surface area contributed by atoms with Gasteiger partial charge in [-0.05, 0) is 17.8 Å². The molecule has 0 rings (SSSR count). The van der Waals surface area contributed by atoms with E-state index in [2.05, 4.69) is 41.5 Å². The van der Waals surface area contributed by atoms with Crippen LogP contribution < -0.4 is 0 Å². The van der Waals surface area contributed by atoms with Crippen molar-refractivity contribution in [3.05, 3.63) is 0 Å². The first-order valence-electron chi connectivity index (χ1n) is 7.34. The van der Waals surface area contributed by atoms with Gasteiger partial charge in [0.1, 0.15) is 6.10 Å². The highest BCUT2D eigenvalue weighted by atomic mass is 31.2. The van der Waals surface area contributed by atoms with Crippen LogP contribution in [-0.2, 0) is 0 Å². The van der Waals surface area contributed by atoms with Crippen molar-refractivity contribution in [3.63, 3.8) is 0 Å². The molecule has 1 unspecified atom stereocenters. The molecule has 0 aromatic carbocycles. The molecule has 3 heteroatoms. The van der Waals surface area contributed by atoms with Crippen molar-refractivity contribution in [1.82, 2.24) is 0 Å². The average Bonchev–Trinajstić information content (AvgIpc) is 2.12. The molecule has 0 saturated heterocycles. The Hall–Kier alpha value is 0.350. The smallest absolute Gasteiger partial charge is 0.110 e. The summed E-state index contributed by atoms with van der Waals surface area (Å²) in [5.41, 5.74) is 0. The van der Waals surface area contributed by atoms with Crippen molar-refractivity contribution in [2.45, 2.75) is 47.6 Å². The number of rotatable bonds is 9. The molecule has 0 aromatic rings. The number of aliphatic hydroxyl groups excluding tert-OH is 2. The zero-order valence-corrected chi connectivity index (χ0v) is 14.1. The van der Waals surface area contributed by atoms with E-state index < -0.39 is 13.4 Å². The molecule has 2 N–H and O–H groups in total. The van der Waals surface area contributed by atoms with Crippen LogP contribution in [0, 0.1) is 17.8 Å². The van der Waals surface area contributed by atoms with E-state index in [-0.39, 0.29) is 6.61 Å². The Morgan fingerprint density at radius 2 is 1.06 bits per heavy atom. The van der Waals surface area contributed by atoms with E-state index in [1.165, 1.54) is 18.5 Å². The molecule has 0 aromatic heterocycles. The normalized spacial score (nSPS) is 14.8. The predicted octanol–water partition coefficient (Wildman–Crippen LogP) is 3.33. The van der Waals surface area contributed by atoms with Gasteiger partial charge < -0.3 is 10.2 Å². The van der Waals surface area contributed by atoms with Gasteiger partial charge in [0.05, 0.1) is 31.3 Å². The van der Waals surface area contributed by atoms with E-state index >= 15 is 0 Å². The van der Waals surface area contributed by atoms with Crippen molar-refractivity contribution in [2.24, 2.45) is 17.8 Å².